The Morgan fingerprint density at radius 3 is 2.87 bits per heavy atom. The van der Waals surface area contributed by atoms with Gasteiger partial charge in [0.1, 0.15) is 0 Å². The fourth-order valence-corrected chi connectivity index (χ4v) is 3.66. The molecule has 0 saturated carbocycles. The third-order valence-electron chi connectivity index (χ3n) is 4.92. The van der Waals surface area contributed by atoms with Crippen molar-refractivity contribution in [1.29, 1.82) is 0 Å². The van der Waals surface area contributed by atoms with Gasteiger partial charge in [-0.05, 0) is 44.3 Å². The topological polar surface area (TPSA) is 63.1 Å². The molecule has 2 bridgehead atoms. The van der Waals surface area contributed by atoms with E-state index < -0.39 is 0 Å². The molecule has 1 amide bonds. The van der Waals surface area contributed by atoms with Gasteiger partial charge in [0.05, 0.1) is 6.20 Å². The monoisotopic (exact) mass is 311 g/mol. The number of aromatic nitrogens is 3. The molecule has 3 saturated heterocycles. The Morgan fingerprint density at radius 1 is 1.22 bits per heavy atom. The van der Waals surface area contributed by atoms with Crippen molar-refractivity contribution in [1.82, 2.24) is 25.0 Å². The maximum Gasteiger partial charge on any atom is 0.342 e. The lowest BCUT2D eigenvalue weighted by atomic mass is 9.94. The molecule has 2 aromatic rings. The number of amides is 1. The number of nitrogens with zero attached hydrogens (tertiary/aromatic N) is 4. The highest BCUT2D eigenvalue weighted by atomic mass is 16.2. The lowest BCUT2D eigenvalue weighted by molar-refractivity contribution is 0.216. The maximum atomic E-state index is 12.5. The third kappa shape index (κ3) is 3.12. The molecule has 2 aromatic heterocycles. The van der Waals surface area contributed by atoms with Crippen LogP contribution in [0.15, 0.2) is 36.9 Å². The lowest BCUT2D eigenvalue weighted by Gasteiger charge is -2.26. The van der Waals surface area contributed by atoms with E-state index in [4.69, 9.17) is 0 Å². The Hall–Kier alpha value is -2.21. The van der Waals surface area contributed by atoms with Crippen LogP contribution in [-0.2, 0) is 0 Å². The van der Waals surface area contributed by atoms with Gasteiger partial charge in [0.15, 0.2) is 0 Å². The number of hydrogen-bond donors (Lipinski definition) is 1. The van der Waals surface area contributed by atoms with Crippen LogP contribution in [0.1, 0.15) is 19.3 Å². The van der Waals surface area contributed by atoms with E-state index in [0.717, 1.165) is 30.0 Å². The molecular weight excluding hydrogens is 290 g/mol. The van der Waals surface area contributed by atoms with Crippen molar-refractivity contribution < 1.29 is 4.79 Å². The summed E-state index contributed by atoms with van der Waals surface area (Å²) >= 11 is 0. The SMILES string of the molecule is O=C(NC1CC2CCN(CC2)C1)n1cc(-c2cccnc2)cn1. The van der Waals surface area contributed by atoms with Crippen molar-refractivity contribution in [3.63, 3.8) is 0 Å². The smallest absolute Gasteiger partial charge is 0.332 e. The first-order chi connectivity index (χ1) is 11.3. The summed E-state index contributed by atoms with van der Waals surface area (Å²) < 4.78 is 1.39. The van der Waals surface area contributed by atoms with Gasteiger partial charge in [-0.25, -0.2) is 4.79 Å². The van der Waals surface area contributed by atoms with Crippen LogP contribution in [0.2, 0.25) is 0 Å². The number of pyridine rings is 1. The number of hydrogen-bond acceptors (Lipinski definition) is 4. The minimum Gasteiger partial charge on any atom is -0.332 e. The van der Waals surface area contributed by atoms with E-state index in [-0.39, 0.29) is 12.1 Å². The van der Waals surface area contributed by atoms with Crippen molar-refractivity contribution in [2.24, 2.45) is 5.92 Å². The average Bonchev–Trinajstić information content (AvgIpc) is 2.91. The van der Waals surface area contributed by atoms with Crippen LogP contribution in [0.5, 0.6) is 0 Å². The van der Waals surface area contributed by atoms with Gasteiger partial charge >= 0.3 is 6.03 Å². The molecule has 1 unspecified atom stereocenters. The van der Waals surface area contributed by atoms with Gasteiger partial charge in [0, 0.05) is 42.3 Å². The molecule has 23 heavy (non-hydrogen) atoms. The second kappa shape index (κ2) is 6.12. The number of piperidine rings is 1. The molecule has 6 nitrogen and oxygen atoms in total. The van der Waals surface area contributed by atoms with Gasteiger partial charge < -0.3 is 10.2 Å². The largest absolute Gasteiger partial charge is 0.342 e. The van der Waals surface area contributed by atoms with Crippen molar-refractivity contribution in [3.8, 4) is 11.1 Å². The first kappa shape index (κ1) is 14.4. The molecule has 3 aliphatic heterocycles. The van der Waals surface area contributed by atoms with Crippen LogP contribution in [0, 0.1) is 5.92 Å². The van der Waals surface area contributed by atoms with Crippen LogP contribution >= 0.6 is 0 Å². The van der Waals surface area contributed by atoms with Crippen molar-refractivity contribution in [2.75, 3.05) is 19.6 Å². The van der Waals surface area contributed by atoms with Crippen molar-refractivity contribution >= 4 is 6.03 Å². The Morgan fingerprint density at radius 2 is 2.09 bits per heavy atom. The molecule has 0 aliphatic carbocycles. The molecule has 5 heterocycles. The molecule has 3 aliphatic rings. The predicted molar refractivity (Wildman–Crippen MR) is 87.0 cm³/mol. The Balaban J connectivity index is 1.44. The summed E-state index contributed by atoms with van der Waals surface area (Å²) in [5, 5.41) is 7.34. The number of carbonyl (C=O) groups is 1. The molecule has 6 heteroatoms. The second-order valence-electron chi connectivity index (χ2n) is 6.54. The highest BCUT2D eigenvalue weighted by molar-refractivity contribution is 5.77. The standard InChI is InChI=1S/C17H21N5O/c23-17(20-16-8-13-3-6-21(12-16)7-4-13)22-11-15(10-19-22)14-2-1-5-18-9-14/h1-2,5,9-11,13,16H,3-4,6-8,12H2,(H,20,23). The van der Waals surface area contributed by atoms with E-state index in [1.54, 1.807) is 24.8 Å². The average molecular weight is 311 g/mol. The Bertz CT molecular complexity index is 661. The lowest BCUT2D eigenvalue weighted by Crippen LogP contribution is -2.43. The number of rotatable bonds is 2. The summed E-state index contributed by atoms with van der Waals surface area (Å²) in [6, 6.07) is 3.92. The van der Waals surface area contributed by atoms with Gasteiger partial charge in [-0.15, -0.1) is 0 Å². The van der Waals surface area contributed by atoms with E-state index in [0.29, 0.717) is 0 Å². The minimum absolute atomic E-state index is 0.146. The van der Waals surface area contributed by atoms with Gasteiger partial charge in [-0.3, -0.25) is 4.98 Å². The third-order valence-corrected chi connectivity index (χ3v) is 4.92. The zero-order valence-corrected chi connectivity index (χ0v) is 13.1. The van der Waals surface area contributed by atoms with Gasteiger partial charge in [-0.1, -0.05) is 6.07 Å². The van der Waals surface area contributed by atoms with Crippen LogP contribution in [0.4, 0.5) is 4.79 Å². The minimum atomic E-state index is -0.146. The molecule has 5 rings (SSSR count). The summed E-state index contributed by atoms with van der Waals surface area (Å²) in [6.45, 7) is 3.30. The number of carbonyl (C=O) groups excluding carboxylic acids is 1. The number of fused-ring (bicyclic) bond motifs is 4. The van der Waals surface area contributed by atoms with E-state index in [2.05, 4.69) is 20.3 Å². The van der Waals surface area contributed by atoms with E-state index in [1.165, 1.54) is 30.6 Å². The van der Waals surface area contributed by atoms with E-state index >= 15 is 0 Å². The zero-order valence-electron chi connectivity index (χ0n) is 13.1. The molecule has 0 aromatic carbocycles. The van der Waals surface area contributed by atoms with E-state index in [9.17, 15) is 4.79 Å². The van der Waals surface area contributed by atoms with Crippen molar-refractivity contribution in [2.45, 2.75) is 25.3 Å². The number of nitrogens with one attached hydrogen (secondary N) is 1. The highest BCUT2D eigenvalue weighted by Gasteiger charge is 2.30. The van der Waals surface area contributed by atoms with Gasteiger partial charge in [-0.2, -0.15) is 9.78 Å². The predicted octanol–water partition coefficient (Wildman–Crippen LogP) is 1.99. The van der Waals surface area contributed by atoms with Gasteiger partial charge in [0.25, 0.3) is 0 Å². The highest BCUT2D eigenvalue weighted by Crippen LogP contribution is 2.26. The first-order valence-corrected chi connectivity index (χ1v) is 8.26. The zero-order chi connectivity index (χ0) is 15.6. The second-order valence-corrected chi connectivity index (χ2v) is 6.54. The summed E-state index contributed by atoms with van der Waals surface area (Å²) in [7, 11) is 0. The molecule has 0 radical (unpaired) electrons. The van der Waals surface area contributed by atoms with Crippen LogP contribution in [0.3, 0.4) is 0 Å². The quantitative estimate of drug-likeness (QED) is 0.921. The Labute approximate surface area is 135 Å². The maximum absolute atomic E-state index is 12.5. The van der Waals surface area contributed by atoms with E-state index in [1.807, 2.05) is 12.1 Å². The molecule has 0 spiro atoms. The fraction of sp³-hybridized carbons (Fsp3) is 0.471. The van der Waals surface area contributed by atoms with Crippen molar-refractivity contribution in [3.05, 3.63) is 36.9 Å². The molecular formula is C17H21N5O. The van der Waals surface area contributed by atoms with Crippen LogP contribution < -0.4 is 5.32 Å². The summed E-state index contributed by atoms with van der Waals surface area (Å²) in [5.41, 5.74) is 1.86. The molecule has 1 atom stereocenters. The Kier molecular flexibility index (Phi) is 3.83. The molecule has 120 valence electrons. The van der Waals surface area contributed by atoms with Crippen LogP contribution in [-0.4, -0.2) is 51.4 Å². The summed E-state index contributed by atoms with van der Waals surface area (Å²) in [4.78, 5) is 19.0. The molecule has 3 fully saturated rings. The normalized spacial score (nSPS) is 26.7. The summed E-state index contributed by atoms with van der Waals surface area (Å²) in [6.07, 6.45) is 10.6. The molecule has 1 N–H and O–H groups in total. The van der Waals surface area contributed by atoms with Crippen LogP contribution in [0.25, 0.3) is 11.1 Å². The first-order valence-electron chi connectivity index (χ1n) is 8.26. The fourth-order valence-electron chi connectivity index (χ4n) is 3.66. The van der Waals surface area contributed by atoms with Gasteiger partial charge in [0.2, 0.25) is 0 Å². The summed E-state index contributed by atoms with van der Waals surface area (Å²) in [5.74, 6) is 0.752.